The van der Waals surface area contributed by atoms with Gasteiger partial charge in [0.1, 0.15) is 0 Å². The second kappa shape index (κ2) is 8.80. The lowest BCUT2D eigenvalue weighted by Gasteiger charge is -2.43. The number of methoxy groups -OCH3 is 1. The zero-order chi connectivity index (χ0) is 19.5. The zero-order valence-corrected chi connectivity index (χ0v) is 17.5. The predicted octanol–water partition coefficient (Wildman–Crippen LogP) is 2.82. The fourth-order valence-electron chi connectivity index (χ4n) is 4.42. The van der Waals surface area contributed by atoms with Crippen molar-refractivity contribution >= 4 is 45.1 Å². The summed E-state index contributed by atoms with van der Waals surface area (Å²) in [6.45, 7) is 0.629. The van der Waals surface area contributed by atoms with E-state index in [4.69, 9.17) is 4.74 Å². The van der Waals surface area contributed by atoms with E-state index in [1.165, 1.54) is 11.8 Å². The molecule has 0 radical (unpaired) electrons. The fraction of sp³-hybridized carbons (Fsp3) is 0.550. The van der Waals surface area contributed by atoms with Crippen LogP contribution in [-0.2, 0) is 14.3 Å². The van der Waals surface area contributed by atoms with E-state index in [0.29, 0.717) is 24.7 Å². The first kappa shape index (κ1) is 19.7. The molecule has 6 nitrogen and oxygen atoms in total. The van der Waals surface area contributed by atoms with Crippen molar-refractivity contribution in [2.45, 2.75) is 42.1 Å². The molecule has 1 aromatic carbocycles. The highest BCUT2D eigenvalue weighted by atomic mass is 32.2. The van der Waals surface area contributed by atoms with Gasteiger partial charge in [0.2, 0.25) is 11.8 Å². The lowest BCUT2D eigenvalue weighted by atomic mass is 9.71. The molecule has 2 aromatic rings. The minimum absolute atomic E-state index is 0.0308. The smallest absolute Gasteiger partial charge is 0.230 e. The monoisotopic (exact) mass is 419 g/mol. The number of ether oxygens (including phenoxy) is 1. The van der Waals surface area contributed by atoms with Crippen LogP contribution in [0.15, 0.2) is 28.6 Å². The Bertz CT molecular complexity index is 823. The highest BCUT2D eigenvalue weighted by Crippen LogP contribution is 2.36. The minimum atomic E-state index is 0.0308. The van der Waals surface area contributed by atoms with Crippen LogP contribution in [0.4, 0.5) is 0 Å². The molecule has 150 valence electrons. The van der Waals surface area contributed by atoms with E-state index < -0.39 is 0 Å². The maximum atomic E-state index is 12.4. The molecule has 28 heavy (non-hydrogen) atoms. The van der Waals surface area contributed by atoms with Crippen LogP contribution >= 0.6 is 23.1 Å². The summed E-state index contributed by atoms with van der Waals surface area (Å²) in [4.78, 5) is 29.0. The number of fused-ring (bicyclic) bond motifs is 2. The van der Waals surface area contributed by atoms with E-state index in [1.807, 2.05) is 24.3 Å². The Labute approximate surface area is 172 Å². The average molecular weight is 420 g/mol. The molecule has 1 saturated carbocycles. The van der Waals surface area contributed by atoms with Gasteiger partial charge in [-0.25, -0.2) is 4.98 Å². The summed E-state index contributed by atoms with van der Waals surface area (Å²) in [5.74, 6) is 1.23. The second-order valence-electron chi connectivity index (χ2n) is 7.57. The summed E-state index contributed by atoms with van der Waals surface area (Å²) in [5, 5.41) is 6.28. The van der Waals surface area contributed by atoms with Gasteiger partial charge < -0.3 is 15.4 Å². The Morgan fingerprint density at radius 3 is 3.07 bits per heavy atom. The van der Waals surface area contributed by atoms with Gasteiger partial charge in [0, 0.05) is 32.2 Å². The van der Waals surface area contributed by atoms with Gasteiger partial charge in [-0.2, -0.15) is 0 Å². The SMILES string of the molecule is COCC1CC(=O)NC2CC(NC(=O)CSc3nc4ccccc4s3)CCC12. The highest BCUT2D eigenvalue weighted by Gasteiger charge is 2.40. The van der Waals surface area contributed by atoms with Gasteiger partial charge in [0.05, 0.1) is 16.0 Å². The van der Waals surface area contributed by atoms with E-state index in [1.54, 1.807) is 18.4 Å². The van der Waals surface area contributed by atoms with Gasteiger partial charge in [-0.15, -0.1) is 11.3 Å². The van der Waals surface area contributed by atoms with Crippen LogP contribution in [0.25, 0.3) is 10.2 Å². The largest absolute Gasteiger partial charge is 0.384 e. The second-order valence-corrected chi connectivity index (χ2v) is 9.82. The summed E-state index contributed by atoms with van der Waals surface area (Å²) < 4.78 is 7.37. The summed E-state index contributed by atoms with van der Waals surface area (Å²) in [7, 11) is 1.69. The van der Waals surface area contributed by atoms with Crippen molar-refractivity contribution in [2.75, 3.05) is 19.5 Å². The van der Waals surface area contributed by atoms with Gasteiger partial charge in [-0.1, -0.05) is 23.9 Å². The first-order chi connectivity index (χ1) is 13.6. The standard InChI is InChI=1S/C20H25N3O3S2/c1-26-10-12-8-18(24)22-16-9-13(6-7-14(12)16)21-19(25)11-27-20-23-15-4-2-3-5-17(15)28-20/h2-5,12-14,16H,6-11H2,1H3,(H,21,25)(H,22,24). The van der Waals surface area contributed by atoms with Crippen LogP contribution in [0.2, 0.25) is 0 Å². The van der Waals surface area contributed by atoms with Gasteiger partial charge in [0.25, 0.3) is 0 Å². The molecule has 2 fully saturated rings. The maximum Gasteiger partial charge on any atom is 0.230 e. The van der Waals surface area contributed by atoms with Crippen LogP contribution in [0.5, 0.6) is 0 Å². The number of hydrogen-bond donors (Lipinski definition) is 2. The minimum Gasteiger partial charge on any atom is -0.384 e. The molecular weight excluding hydrogens is 394 g/mol. The Balaban J connectivity index is 1.28. The molecule has 8 heteroatoms. The third-order valence-corrected chi connectivity index (χ3v) is 7.83. The lowest BCUT2D eigenvalue weighted by molar-refractivity contribution is -0.128. The number of amides is 2. The van der Waals surface area contributed by atoms with Crippen LogP contribution < -0.4 is 10.6 Å². The molecule has 2 heterocycles. The van der Waals surface area contributed by atoms with E-state index in [2.05, 4.69) is 15.6 Å². The van der Waals surface area contributed by atoms with Gasteiger partial charge >= 0.3 is 0 Å². The maximum absolute atomic E-state index is 12.4. The molecule has 1 aliphatic heterocycles. The third-order valence-electron chi connectivity index (χ3n) is 5.65. The number of carbonyl (C=O) groups is 2. The molecular formula is C20H25N3O3S2. The number of para-hydroxylation sites is 1. The number of carbonyl (C=O) groups excluding carboxylic acids is 2. The number of hydrogen-bond acceptors (Lipinski definition) is 6. The summed E-state index contributed by atoms with van der Waals surface area (Å²) in [5.41, 5.74) is 0.979. The van der Waals surface area contributed by atoms with Gasteiger partial charge in [-0.3, -0.25) is 9.59 Å². The Hall–Kier alpha value is -1.64. The van der Waals surface area contributed by atoms with E-state index in [-0.39, 0.29) is 29.8 Å². The molecule has 4 unspecified atom stereocenters. The molecule has 1 saturated heterocycles. The van der Waals surface area contributed by atoms with Crippen molar-refractivity contribution in [2.24, 2.45) is 11.8 Å². The molecule has 2 amide bonds. The van der Waals surface area contributed by atoms with E-state index in [0.717, 1.165) is 33.8 Å². The molecule has 1 aliphatic carbocycles. The predicted molar refractivity (Wildman–Crippen MR) is 112 cm³/mol. The van der Waals surface area contributed by atoms with Crippen molar-refractivity contribution in [3.8, 4) is 0 Å². The van der Waals surface area contributed by atoms with Gasteiger partial charge in [-0.05, 0) is 43.2 Å². The average Bonchev–Trinajstić information content (AvgIpc) is 3.09. The third kappa shape index (κ3) is 4.50. The normalized spacial score (nSPS) is 27.2. The number of piperidine rings is 1. The number of benzene rings is 1. The van der Waals surface area contributed by atoms with Crippen molar-refractivity contribution in [1.29, 1.82) is 0 Å². The molecule has 2 aliphatic rings. The number of aromatic nitrogens is 1. The first-order valence-electron chi connectivity index (χ1n) is 9.68. The number of nitrogens with one attached hydrogen (secondary N) is 2. The Kier molecular flexibility index (Phi) is 6.18. The van der Waals surface area contributed by atoms with E-state index >= 15 is 0 Å². The summed E-state index contributed by atoms with van der Waals surface area (Å²) in [6.07, 6.45) is 3.31. The quantitative estimate of drug-likeness (QED) is 0.704. The highest BCUT2D eigenvalue weighted by molar-refractivity contribution is 8.01. The Morgan fingerprint density at radius 1 is 1.39 bits per heavy atom. The molecule has 0 bridgehead atoms. The molecule has 0 spiro atoms. The molecule has 2 N–H and O–H groups in total. The fourth-order valence-corrected chi connectivity index (χ4v) is 6.30. The van der Waals surface area contributed by atoms with Crippen molar-refractivity contribution in [3.63, 3.8) is 0 Å². The lowest BCUT2D eigenvalue weighted by Crippen LogP contribution is -2.56. The Morgan fingerprint density at radius 2 is 2.25 bits per heavy atom. The zero-order valence-electron chi connectivity index (χ0n) is 15.8. The van der Waals surface area contributed by atoms with Crippen molar-refractivity contribution in [3.05, 3.63) is 24.3 Å². The van der Waals surface area contributed by atoms with Crippen LogP contribution in [0, 0.1) is 11.8 Å². The van der Waals surface area contributed by atoms with Crippen LogP contribution in [-0.4, -0.2) is 48.4 Å². The topological polar surface area (TPSA) is 80.3 Å². The van der Waals surface area contributed by atoms with Crippen molar-refractivity contribution in [1.82, 2.24) is 15.6 Å². The van der Waals surface area contributed by atoms with Crippen molar-refractivity contribution < 1.29 is 14.3 Å². The molecule has 4 atom stereocenters. The number of nitrogens with zero attached hydrogens (tertiary/aromatic N) is 1. The number of rotatable bonds is 6. The summed E-state index contributed by atoms with van der Waals surface area (Å²) in [6, 6.07) is 8.26. The first-order valence-corrected chi connectivity index (χ1v) is 11.5. The van der Waals surface area contributed by atoms with Gasteiger partial charge in [0.15, 0.2) is 4.34 Å². The van der Waals surface area contributed by atoms with Crippen LogP contribution in [0.1, 0.15) is 25.7 Å². The number of thiazole rings is 1. The molecule has 4 rings (SSSR count). The number of thioether (sulfide) groups is 1. The molecule has 1 aromatic heterocycles. The van der Waals surface area contributed by atoms with Crippen LogP contribution in [0.3, 0.4) is 0 Å². The van der Waals surface area contributed by atoms with E-state index in [9.17, 15) is 9.59 Å². The summed E-state index contributed by atoms with van der Waals surface area (Å²) >= 11 is 3.10.